The quantitative estimate of drug-likeness (QED) is 0.544. The maximum atomic E-state index is 4.70. The predicted octanol–water partition coefficient (Wildman–Crippen LogP) is 1.94. The molecule has 9 heteroatoms. The van der Waals surface area contributed by atoms with Crippen LogP contribution >= 0.6 is 0 Å². The molecule has 6 rings (SSSR count). The number of anilines is 1. The van der Waals surface area contributed by atoms with Crippen molar-refractivity contribution >= 4 is 17.2 Å². The van der Waals surface area contributed by atoms with Crippen LogP contribution in [0.5, 0.6) is 0 Å². The molecule has 1 N–H and O–H groups in total. The van der Waals surface area contributed by atoms with Gasteiger partial charge in [0.15, 0.2) is 0 Å². The molecule has 9 nitrogen and oxygen atoms in total. The van der Waals surface area contributed by atoms with Gasteiger partial charge in [-0.15, -0.1) is 5.10 Å². The third-order valence-electron chi connectivity index (χ3n) is 6.78. The van der Waals surface area contributed by atoms with Crippen molar-refractivity contribution in [2.45, 2.75) is 31.8 Å². The van der Waals surface area contributed by atoms with E-state index in [1.807, 2.05) is 40.6 Å². The summed E-state index contributed by atoms with van der Waals surface area (Å²) in [6, 6.07) is 3.21. The van der Waals surface area contributed by atoms with Gasteiger partial charge in [-0.25, -0.2) is 19.5 Å². The zero-order valence-electron chi connectivity index (χ0n) is 17.9. The minimum atomic E-state index is 0.452. The highest BCUT2D eigenvalue weighted by molar-refractivity contribution is 5.79. The fourth-order valence-corrected chi connectivity index (χ4v) is 4.71. The summed E-state index contributed by atoms with van der Waals surface area (Å²) >= 11 is 0. The van der Waals surface area contributed by atoms with Gasteiger partial charge in [0.2, 0.25) is 11.7 Å². The number of hydrogen-bond donors (Lipinski definition) is 1. The first-order chi connectivity index (χ1) is 15.1. The van der Waals surface area contributed by atoms with E-state index in [9.17, 15) is 0 Å². The number of rotatable bonds is 4. The largest absolute Gasteiger partial charge is 0.350 e. The zero-order chi connectivity index (χ0) is 20.9. The molecule has 1 aliphatic heterocycles. The number of fused-ring (bicyclic) bond motifs is 2. The van der Waals surface area contributed by atoms with Crippen LogP contribution in [0.1, 0.15) is 18.5 Å². The number of nitrogens with one attached hydrogen (secondary N) is 1. The maximum Gasteiger partial charge on any atom is 0.241 e. The molecule has 31 heavy (non-hydrogen) atoms. The summed E-state index contributed by atoms with van der Waals surface area (Å²) in [5.41, 5.74) is 4.11. The number of aromatic nitrogens is 6. The van der Waals surface area contributed by atoms with Gasteiger partial charge in [0.05, 0.1) is 17.9 Å². The molecule has 5 heterocycles. The van der Waals surface area contributed by atoms with Gasteiger partial charge in [-0.3, -0.25) is 9.30 Å². The summed E-state index contributed by atoms with van der Waals surface area (Å²) in [4.78, 5) is 18.4. The molecule has 0 amide bonds. The van der Waals surface area contributed by atoms with Gasteiger partial charge in [0.1, 0.15) is 0 Å². The molecule has 160 valence electrons. The second kappa shape index (κ2) is 7.28. The Morgan fingerprint density at radius 1 is 1.00 bits per heavy atom. The first-order valence-electron chi connectivity index (χ1n) is 11.0. The van der Waals surface area contributed by atoms with Crippen molar-refractivity contribution in [3.63, 3.8) is 0 Å². The smallest absolute Gasteiger partial charge is 0.241 e. The van der Waals surface area contributed by atoms with Crippen molar-refractivity contribution in [1.82, 2.24) is 38.8 Å². The summed E-state index contributed by atoms with van der Waals surface area (Å²) in [6.45, 7) is 6.74. The highest BCUT2D eigenvalue weighted by Crippen LogP contribution is 2.29. The molecule has 1 aliphatic carbocycles. The topological polar surface area (TPSA) is 78.9 Å². The molecule has 0 aromatic carbocycles. The van der Waals surface area contributed by atoms with Gasteiger partial charge in [-0.2, -0.15) is 0 Å². The standard InChI is InChI=1S/C22H27N9/c1-15-11-24-22-25-12-16(14-30(15)22)19-3-4-31-20(19)13-23-21(27-31)26-17-9-18(10-17)29-7-5-28(2)6-8-29/h3-4,11-14,17-18H,5-10H2,1-2H3,(H,26,27). The monoisotopic (exact) mass is 417 g/mol. The second-order valence-corrected chi connectivity index (χ2v) is 8.86. The summed E-state index contributed by atoms with van der Waals surface area (Å²) in [5, 5.41) is 8.22. The molecule has 2 fully saturated rings. The molecule has 0 radical (unpaired) electrons. The van der Waals surface area contributed by atoms with Crippen LogP contribution in [0.25, 0.3) is 22.4 Å². The molecule has 4 aromatic rings. The Labute approximate surface area is 180 Å². The molecule has 4 aromatic heterocycles. The van der Waals surface area contributed by atoms with Crippen molar-refractivity contribution in [3.8, 4) is 11.1 Å². The van der Waals surface area contributed by atoms with Crippen LogP contribution < -0.4 is 5.32 Å². The third kappa shape index (κ3) is 3.34. The molecule has 1 saturated carbocycles. The molecule has 0 unspecified atom stereocenters. The minimum absolute atomic E-state index is 0.452. The van der Waals surface area contributed by atoms with Crippen LogP contribution in [0.15, 0.2) is 37.1 Å². The van der Waals surface area contributed by atoms with Gasteiger partial charge >= 0.3 is 0 Å². The van der Waals surface area contributed by atoms with Crippen LogP contribution in [0, 0.1) is 6.92 Å². The molecule has 0 bridgehead atoms. The van der Waals surface area contributed by atoms with E-state index < -0.39 is 0 Å². The van der Waals surface area contributed by atoms with Gasteiger partial charge in [-0.1, -0.05) is 0 Å². The van der Waals surface area contributed by atoms with Crippen LogP contribution in [0.4, 0.5) is 5.95 Å². The third-order valence-corrected chi connectivity index (χ3v) is 6.78. The number of nitrogens with zero attached hydrogens (tertiary/aromatic N) is 8. The lowest BCUT2D eigenvalue weighted by Gasteiger charge is -2.46. The van der Waals surface area contributed by atoms with Gasteiger partial charge in [0.25, 0.3) is 0 Å². The van der Waals surface area contributed by atoms with Crippen LogP contribution in [0.3, 0.4) is 0 Å². The van der Waals surface area contributed by atoms with Gasteiger partial charge in [0, 0.05) is 73.7 Å². The van der Waals surface area contributed by atoms with E-state index in [0.717, 1.165) is 35.2 Å². The van der Waals surface area contributed by atoms with Gasteiger partial charge < -0.3 is 10.2 Å². The molecular weight excluding hydrogens is 390 g/mol. The van der Waals surface area contributed by atoms with E-state index in [0.29, 0.717) is 23.8 Å². The highest BCUT2D eigenvalue weighted by atomic mass is 15.3. The Bertz CT molecular complexity index is 1230. The number of hydrogen-bond acceptors (Lipinski definition) is 7. The van der Waals surface area contributed by atoms with E-state index in [-0.39, 0.29) is 0 Å². The lowest BCUT2D eigenvalue weighted by molar-refractivity contribution is 0.0656. The van der Waals surface area contributed by atoms with E-state index in [4.69, 9.17) is 5.10 Å². The Kier molecular flexibility index (Phi) is 4.39. The molecule has 2 aliphatic rings. The van der Waals surface area contributed by atoms with Crippen molar-refractivity contribution in [2.24, 2.45) is 0 Å². The Morgan fingerprint density at radius 3 is 2.65 bits per heavy atom. The second-order valence-electron chi connectivity index (χ2n) is 8.86. The van der Waals surface area contributed by atoms with Crippen molar-refractivity contribution in [2.75, 3.05) is 38.5 Å². The normalized spacial score (nSPS) is 22.8. The summed E-state index contributed by atoms with van der Waals surface area (Å²) in [7, 11) is 2.20. The lowest BCUT2D eigenvalue weighted by Crippen LogP contribution is -2.55. The minimum Gasteiger partial charge on any atom is -0.350 e. The van der Waals surface area contributed by atoms with Crippen LogP contribution in [-0.4, -0.2) is 84.1 Å². The summed E-state index contributed by atoms with van der Waals surface area (Å²) < 4.78 is 3.90. The van der Waals surface area contributed by atoms with Crippen molar-refractivity contribution < 1.29 is 0 Å². The van der Waals surface area contributed by atoms with E-state index in [1.165, 1.54) is 26.2 Å². The summed E-state index contributed by atoms with van der Waals surface area (Å²) in [5.74, 6) is 1.40. The number of likely N-dealkylation sites (N-methyl/N-ethyl adjacent to an activating group) is 1. The summed E-state index contributed by atoms with van der Waals surface area (Å²) in [6.07, 6.45) is 12.0. The number of piperazine rings is 1. The van der Waals surface area contributed by atoms with Crippen LogP contribution in [-0.2, 0) is 0 Å². The molecular formula is C22H27N9. The van der Waals surface area contributed by atoms with E-state index >= 15 is 0 Å². The number of aryl methyl sites for hydroxylation is 1. The molecule has 0 atom stereocenters. The fraction of sp³-hybridized carbons (Fsp3) is 0.455. The Hall–Kier alpha value is -3.04. The van der Waals surface area contributed by atoms with Crippen LogP contribution in [0.2, 0.25) is 0 Å². The first kappa shape index (κ1) is 18.7. The molecule has 1 saturated heterocycles. The lowest BCUT2D eigenvalue weighted by atomic mass is 9.85. The van der Waals surface area contributed by atoms with E-state index in [2.05, 4.69) is 49.4 Å². The fourth-order valence-electron chi connectivity index (χ4n) is 4.71. The predicted molar refractivity (Wildman–Crippen MR) is 119 cm³/mol. The Balaban J connectivity index is 1.16. The Morgan fingerprint density at radius 2 is 1.81 bits per heavy atom. The highest BCUT2D eigenvalue weighted by Gasteiger charge is 2.35. The van der Waals surface area contributed by atoms with Crippen molar-refractivity contribution in [1.29, 1.82) is 0 Å². The van der Waals surface area contributed by atoms with Crippen molar-refractivity contribution in [3.05, 3.63) is 42.7 Å². The van der Waals surface area contributed by atoms with E-state index in [1.54, 1.807) is 0 Å². The SMILES string of the molecule is Cc1cnc2ncc(-c3ccn4nc(NC5CC(N6CCN(C)CC6)C5)ncc34)cn12. The average Bonchev–Trinajstić information content (AvgIpc) is 3.34. The first-order valence-corrected chi connectivity index (χ1v) is 11.0. The van der Waals surface area contributed by atoms with Gasteiger partial charge in [-0.05, 0) is 32.9 Å². The maximum absolute atomic E-state index is 4.70. The zero-order valence-corrected chi connectivity index (χ0v) is 17.9. The molecule has 0 spiro atoms. The number of imidazole rings is 1. The average molecular weight is 418 g/mol.